The Morgan fingerprint density at radius 3 is 2.72 bits per heavy atom. The average Bonchev–Trinajstić information content (AvgIpc) is 2.77. The highest BCUT2D eigenvalue weighted by molar-refractivity contribution is 5.81. The Morgan fingerprint density at radius 2 is 2.00 bits per heavy atom. The van der Waals surface area contributed by atoms with Crippen molar-refractivity contribution in [3.8, 4) is 5.82 Å². The molecule has 5 nitrogen and oxygen atoms in total. The summed E-state index contributed by atoms with van der Waals surface area (Å²) in [6.07, 6.45) is 3.34. The van der Waals surface area contributed by atoms with Gasteiger partial charge >= 0.3 is 0 Å². The van der Waals surface area contributed by atoms with Gasteiger partial charge in [-0.1, -0.05) is 17.7 Å². The van der Waals surface area contributed by atoms with Crippen LogP contribution in [0.3, 0.4) is 0 Å². The lowest BCUT2D eigenvalue weighted by Crippen LogP contribution is -2.23. The Morgan fingerprint density at radius 1 is 1.17 bits per heavy atom. The van der Waals surface area contributed by atoms with Crippen LogP contribution in [-0.4, -0.2) is 19.6 Å². The Balaban J connectivity index is 2.36. The zero-order valence-electron chi connectivity index (χ0n) is 10.2. The molecule has 0 saturated carbocycles. The first-order valence-electron chi connectivity index (χ1n) is 5.64. The summed E-state index contributed by atoms with van der Waals surface area (Å²) in [4.78, 5) is 12.4. The topological polar surface area (TPSA) is 52.7 Å². The van der Waals surface area contributed by atoms with Crippen molar-refractivity contribution in [3.63, 3.8) is 0 Å². The van der Waals surface area contributed by atoms with Crippen LogP contribution < -0.4 is 5.56 Å². The van der Waals surface area contributed by atoms with E-state index >= 15 is 0 Å². The lowest BCUT2D eigenvalue weighted by Gasteiger charge is -2.06. The molecule has 0 bridgehead atoms. The molecule has 0 aliphatic carbocycles. The van der Waals surface area contributed by atoms with Crippen molar-refractivity contribution in [2.75, 3.05) is 0 Å². The van der Waals surface area contributed by atoms with Gasteiger partial charge in [-0.3, -0.25) is 9.48 Å². The Hall–Kier alpha value is -2.43. The van der Waals surface area contributed by atoms with E-state index in [2.05, 4.69) is 10.2 Å². The first-order valence-corrected chi connectivity index (χ1v) is 5.64. The van der Waals surface area contributed by atoms with Gasteiger partial charge < -0.3 is 0 Å². The van der Waals surface area contributed by atoms with Gasteiger partial charge in [0.25, 0.3) is 5.56 Å². The minimum Gasteiger partial charge on any atom is -0.267 e. The van der Waals surface area contributed by atoms with Crippen LogP contribution in [0.5, 0.6) is 0 Å². The van der Waals surface area contributed by atoms with Gasteiger partial charge in [-0.2, -0.15) is 14.9 Å². The maximum absolute atomic E-state index is 12.4. The monoisotopic (exact) mass is 240 g/mol. The number of aromatic nitrogens is 4. The van der Waals surface area contributed by atoms with Gasteiger partial charge in [-0.15, -0.1) is 0 Å². The maximum atomic E-state index is 12.4. The van der Waals surface area contributed by atoms with Crippen molar-refractivity contribution in [1.29, 1.82) is 0 Å². The summed E-state index contributed by atoms with van der Waals surface area (Å²) in [5.41, 5.74) is 0.933. The highest BCUT2D eigenvalue weighted by Crippen LogP contribution is 2.11. The predicted molar refractivity (Wildman–Crippen MR) is 68.8 cm³/mol. The summed E-state index contributed by atoms with van der Waals surface area (Å²) in [6, 6.07) is 7.52. The fourth-order valence-electron chi connectivity index (χ4n) is 1.99. The van der Waals surface area contributed by atoms with Crippen molar-refractivity contribution in [2.45, 2.75) is 6.92 Å². The fraction of sp³-hybridized carbons (Fsp3) is 0.154. The summed E-state index contributed by atoms with van der Waals surface area (Å²) >= 11 is 0. The largest absolute Gasteiger partial charge is 0.280 e. The molecule has 5 heteroatoms. The molecule has 2 aromatic heterocycles. The molecule has 0 saturated heterocycles. The molecule has 3 aromatic rings. The summed E-state index contributed by atoms with van der Waals surface area (Å²) in [5, 5.41) is 9.75. The lowest BCUT2D eigenvalue weighted by atomic mass is 10.1. The summed E-state index contributed by atoms with van der Waals surface area (Å²) in [5.74, 6) is 0.656. The van der Waals surface area contributed by atoms with E-state index < -0.39 is 0 Å². The highest BCUT2D eigenvalue weighted by atomic mass is 16.1. The minimum atomic E-state index is -0.125. The standard InChI is InChI=1S/C13H12N4O/c1-9-3-4-10-8-15-17(13(18)11(10)7-9)12-5-6-14-16(12)2/h3-8H,1-2H3. The number of fused-ring (bicyclic) bond motifs is 1. The van der Waals surface area contributed by atoms with E-state index in [1.165, 1.54) is 4.68 Å². The number of nitrogens with zero attached hydrogens (tertiary/aromatic N) is 4. The Kier molecular flexibility index (Phi) is 2.26. The SMILES string of the molecule is Cc1ccc2cnn(-c3ccnn3C)c(=O)c2c1. The normalized spacial score (nSPS) is 11.0. The van der Waals surface area contributed by atoms with Crippen LogP contribution in [0.25, 0.3) is 16.6 Å². The van der Waals surface area contributed by atoms with E-state index in [4.69, 9.17) is 0 Å². The van der Waals surface area contributed by atoms with Crippen LogP contribution in [0.2, 0.25) is 0 Å². The molecule has 0 radical (unpaired) electrons. The summed E-state index contributed by atoms with van der Waals surface area (Å²) in [6.45, 7) is 1.97. The molecule has 0 amide bonds. The lowest BCUT2D eigenvalue weighted by molar-refractivity contribution is 0.681. The van der Waals surface area contributed by atoms with Crippen LogP contribution in [-0.2, 0) is 7.05 Å². The molecule has 0 aliphatic heterocycles. The van der Waals surface area contributed by atoms with Gasteiger partial charge in [0.15, 0.2) is 5.82 Å². The van der Waals surface area contributed by atoms with Crippen LogP contribution in [0.15, 0.2) is 41.5 Å². The van der Waals surface area contributed by atoms with E-state index in [0.29, 0.717) is 11.2 Å². The number of rotatable bonds is 1. The summed E-state index contributed by atoms with van der Waals surface area (Å²) < 4.78 is 2.99. The molecule has 90 valence electrons. The van der Waals surface area contributed by atoms with Crippen molar-refractivity contribution in [3.05, 3.63) is 52.6 Å². The van der Waals surface area contributed by atoms with Gasteiger partial charge in [0.1, 0.15) is 0 Å². The Bertz CT molecular complexity index is 785. The van der Waals surface area contributed by atoms with E-state index in [0.717, 1.165) is 10.9 Å². The maximum Gasteiger partial charge on any atom is 0.280 e. The zero-order valence-corrected chi connectivity index (χ0v) is 10.2. The quantitative estimate of drug-likeness (QED) is 0.646. The zero-order chi connectivity index (χ0) is 12.7. The molecule has 0 fully saturated rings. The smallest absolute Gasteiger partial charge is 0.267 e. The molecule has 2 heterocycles. The fourth-order valence-corrected chi connectivity index (χ4v) is 1.99. The molecule has 1 aromatic carbocycles. The Labute approximate surface area is 103 Å². The second kappa shape index (κ2) is 3.80. The third kappa shape index (κ3) is 1.52. The minimum absolute atomic E-state index is 0.125. The van der Waals surface area contributed by atoms with E-state index in [-0.39, 0.29) is 5.56 Å². The van der Waals surface area contributed by atoms with Gasteiger partial charge in [-0.25, -0.2) is 0 Å². The van der Waals surface area contributed by atoms with E-state index in [1.54, 1.807) is 30.2 Å². The van der Waals surface area contributed by atoms with Crippen LogP contribution in [0.1, 0.15) is 5.56 Å². The van der Waals surface area contributed by atoms with E-state index in [1.807, 2.05) is 25.1 Å². The molecule has 0 unspecified atom stereocenters. The number of benzene rings is 1. The number of hydrogen-bond acceptors (Lipinski definition) is 3. The van der Waals surface area contributed by atoms with Crippen molar-refractivity contribution in [1.82, 2.24) is 19.6 Å². The summed E-state index contributed by atoms with van der Waals surface area (Å²) in [7, 11) is 1.78. The van der Waals surface area contributed by atoms with Gasteiger partial charge in [0, 0.05) is 18.5 Å². The predicted octanol–water partition coefficient (Wildman–Crippen LogP) is 1.43. The van der Waals surface area contributed by atoms with Crippen LogP contribution >= 0.6 is 0 Å². The molecule has 0 atom stereocenters. The molecule has 0 N–H and O–H groups in total. The van der Waals surface area contributed by atoms with Crippen LogP contribution in [0, 0.1) is 6.92 Å². The molecular formula is C13H12N4O. The van der Waals surface area contributed by atoms with E-state index in [9.17, 15) is 4.79 Å². The van der Waals surface area contributed by atoms with Gasteiger partial charge in [0.05, 0.1) is 17.8 Å². The number of hydrogen-bond donors (Lipinski definition) is 0. The average molecular weight is 240 g/mol. The second-order valence-electron chi connectivity index (χ2n) is 4.27. The third-order valence-electron chi connectivity index (χ3n) is 2.96. The molecule has 3 rings (SSSR count). The van der Waals surface area contributed by atoms with Crippen molar-refractivity contribution in [2.24, 2.45) is 7.05 Å². The van der Waals surface area contributed by atoms with Crippen molar-refractivity contribution < 1.29 is 0 Å². The number of aryl methyl sites for hydroxylation is 2. The molecule has 0 spiro atoms. The highest BCUT2D eigenvalue weighted by Gasteiger charge is 2.08. The molecule has 18 heavy (non-hydrogen) atoms. The van der Waals surface area contributed by atoms with Crippen molar-refractivity contribution >= 4 is 10.8 Å². The van der Waals surface area contributed by atoms with Gasteiger partial charge in [-0.05, 0) is 13.0 Å². The van der Waals surface area contributed by atoms with Crippen LogP contribution in [0.4, 0.5) is 0 Å². The first-order chi connectivity index (χ1) is 8.66. The third-order valence-corrected chi connectivity index (χ3v) is 2.96. The molecule has 0 aliphatic rings. The van der Waals surface area contributed by atoms with Gasteiger partial charge in [0.2, 0.25) is 0 Å². The first kappa shape index (κ1) is 10.7. The second-order valence-corrected chi connectivity index (χ2v) is 4.27. The molecular weight excluding hydrogens is 228 g/mol.